The summed E-state index contributed by atoms with van der Waals surface area (Å²) in [5.41, 5.74) is 4.10. The Hall–Kier alpha value is -4.41. The number of carbonyl (C=O) groups is 1. The molecule has 43 heavy (non-hydrogen) atoms. The fraction of sp³-hybridized carbons (Fsp3) is 0.242. The Bertz CT molecular complexity index is 1640. The molecule has 0 atom stereocenters. The maximum Gasteiger partial charge on any atom is 0.326 e. The second kappa shape index (κ2) is 13.3. The molecule has 8 nitrogen and oxygen atoms in total. The zero-order valence-corrected chi connectivity index (χ0v) is 25.0. The van der Waals surface area contributed by atoms with Crippen molar-refractivity contribution in [3.8, 4) is 11.5 Å². The molecule has 1 fully saturated rings. The minimum atomic E-state index is -3.33. The van der Waals surface area contributed by atoms with Crippen LogP contribution in [0.1, 0.15) is 24.0 Å². The third-order valence-electron chi connectivity index (χ3n) is 7.24. The van der Waals surface area contributed by atoms with Crippen LogP contribution in [0.3, 0.4) is 0 Å². The topological polar surface area (TPSA) is 91.0 Å². The van der Waals surface area contributed by atoms with E-state index in [1.807, 2.05) is 60.4 Å². The Balaban J connectivity index is 1.18. The third-order valence-corrected chi connectivity index (χ3v) is 7.85. The van der Waals surface area contributed by atoms with Gasteiger partial charge in [0.05, 0.1) is 6.26 Å². The van der Waals surface area contributed by atoms with Gasteiger partial charge in [-0.1, -0.05) is 24.3 Å². The van der Waals surface area contributed by atoms with Crippen molar-refractivity contribution < 1.29 is 22.3 Å². The Kier molecular flexibility index (Phi) is 9.27. The maximum atomic E-state index is 13.5. The van der Waals surface area contributed by atoms with Crippen molar-refractivity contribution in [1.29, 1.82) is 0 Å². The summed E-state index contributed by atoms with van der Waals surface area (Å²) in [6.07, 6.45) is 2.74. The fourth-order valence-electron chi connectivity index (χ4n) is 5.19. The van der Waals surface area contributed by atoms with Gasteiger partial charge in [-0.15, -0.1) is 0 Å². The van der Waals surface area contributed by atoms with Crippen molar-refractivity contribution in [2.75, 3.05) is 34.3 Å². The van der Waals surface area contributed by atoms with E-state index in [-0.39, 0.29) is 17.9 Å². The monoisotopic (exact) mass is 602 g/mol. The molecule has 0 spiro atoms. The molecule has 4 aromatic carbocycles. The Morgan fingerprint density at radius 1 is 0.907 bits per heavy atom. The molecule has 0 aliphatic carbocycles. The molecule has 2 N–H and O–H groups in total. The number of benzene rings is 4. The van der Waals surface area contributed by atoms with Gasteiger partial charge in [0.15, 0.2) is 0 Å². The predicted molar refractivity (Wildman–Crippen MR) is 169 cm³/mol. The van der Waals surface area contributed by atoms with Crippen LogP contribution in [-0.4, -0.2) is 44.7 Å². The van der Waals surface area contributed by atoms with E-state index >= 15 is 0 Å². The summed E-state index contributed by atoms with van der Waals surface area (Å²) >= 11 is 0. The van der Waals surface area contributed by atoms with Gasteiger partial charge in [-0.3, -0.25) is 14.5 Å². The minimum absolute atomic E-state index is 0.0216. The highest BCUT2D eigenvalue weighted by molar-refractivity contribution is 7.92. The maximum absolute atomic E-state index is 13.5. The molecule has 224 valence electrons. The number of likely N-dealkylation sites (tertiary alicyclic amines) is 1. The Morgan fingerprint density at radius 3 is 2.12 bits per heavy atom. The van der Waals surface area contributed by atoms with Crippen molar-refractivity contribution in [2.45, 2.75) is 32.4 Å². The largest absolute Gasteiger partial charge is 0.457 e. The summed E-state index contributed by atoms with van der Waals surface area (Å²) < 4.78 is 44.5. The predicted octanol–water partition coefficient (Wildman–Crippen LogP) is 7.00. The first-order valence-electron chi connectivity index (χ1n) is 14.1. The number of carbonyl (C=O) groups excluding carboxylic acids is 1. The van der Waals surface area contributed by atoms with E-state index in [2.05, 4.69) is 14.9 Å². The normalized spacial score (nSPS) is 14.2. The zero-order valence-electron chi connectivity index (χ0n) is 24.2. The van der Waals surface area contributed by atoms with Gasteiger partial charge in [0.25, 0.3) is 0 Å². The van der Waals surface area contributed by atoms with Crippen molar-refractivity contribution in [3.05, 3.63) is 114 Å². The summed E-state index contributed by atoms with van der Waals surface area (Å²) in [7, 11) is -3.33. The molecule has 10 heteroatoms. The van der Waals surface area contributed by atoms with Crippen molar-refractivity contribution in [1.82, 2.24) is 4.90 Å². The molecule has 0 aromatic heterocycles. The number of rotatable bonds is 9. The number of halogens is 1. The molecule has 1 aliphatic heterocycles. The lowest BCUT2D eigenvalue weighted by molar-refractivity contribution is 0.199. The number of aryl methyl sites for hydroxylation is 1. The van der Waals surface area contributed by atoms with E-state index in [4.69, 9.17) is 4.74 Å². The summed E-state index contributed by atoms with van der Waals surface area (Å²) in [5, 5.41) is 2.94. The van der Waals surface area contributed by atoms with E-state index in [0.717, 1.165) is 55.5 Å². The van der Waals surface area contributed by atoms with Gasteiger partial charge in [-0.2, -0.15) is 0 Å². The number of amides is 2. The highest BCUT2D eigenvalue weighted by atomic mass is 32.2. The van der Waals surface area contributed by atoms with E-state index in [1.165, 1.54) is 12.1 Å². The van der Waals surface area contributed by atoms with Crippen LogP contribution in [0.15, 0.2) is 97.1 Å². The highest BCUT2D eigenvalue weighted by Gasteiger charge is 2.29. The van der Waals surface area contributed by atoms with Crippen LogP contribution in [0.5, 0.6) is 11.5 Å². The minimum Gasteiger partial charge on any atom is -0.457 e. The molecular weight excluding hydrogens is 567 g/mol. The van der Waals surface area contributed by atoms with Crippen molar-refractivity contribution in [2.24, 2.45) is 0 Å². The van der Waals surface area contributed by atoms with E-state index in [9.17, 15) is 17.6 Å². The molecular formula is C33H35FN4O4S. The molecule has 1 saturated heterocycles. The SMILES string of the molecule is Cc1cccc(N(C(=O)Nc2ccc(F)cc2)C2CCN(Cc3ccc(Oc4ccc(NS(C)(=O)=O)cc4)cc3)CC2)c1. The molecule has 2 amide bonds. The van der Waals surface area contributed by atoms with E-state index < -0.39 is 10.0 Å². The molecule has 0 saturated carbocycles. The molecule has 0 unspecified atom stereocenters. The number of nitrogens with one attached hydrogen (secondary N) is 2. The van der Waals surface area contributed by atoms with Crippen LogP contribution in [0.2, 0.25) is 0 Å². The van der Waals surface area contributed by atoms with Crippen LogP contribution in [0, 0.1) is 12.7 Å². The van der Waals surface area contributed by atoms with Gasteiger partial charge < -0.3 is 10.1 Å². The fourth-order valence-corrected chi connectivity index (χ4v) is 5.75. The lowest BCUT2D eigenvalue weighted by atomic mass is 10.0. The summed E-state index contributed by atoms with van der Waals surface area (Å²) in [4.78, 5) is 17.7. The van der Waals surface area contributed by atoms with Crippen LogP contribution in [0.25, 0.3) is 0 Å². The van der Waals surface area contributed by atoms with Crippen molar-refractivity contribution in [3.63, 3.8) is 0 Å². The highest BCUT2D eigenvalue weighted by Crippen LogP contribution is 2.28. The Morgan fingerprint density at radius 2 is 1.51 bits per heavy atom. The molecule has 4 aromatic rings. The molecule has 1 heterocycles. The van der Waals surface area contributed by atoms with Crippen molar-refractivity contribution >= 4 is 33.1 Å². The quantitative estimate of drug-likeness (QED) is 0.215. The zero-order chi connectivity index (χ0) is 30.4. The first-order valence-corrected chi connectivity index (χ1v) is 16.0. The first kappa shape index (κ1) is 30.1. The standard InChI is InChI=1S/C33H35FN4O4S/c1-24-4-3-5-30(22-24)38(33(39)35-27-10-8-26(34)9-11-27)29-18-20-37(21-19-29)23-25-6-14-31(15-7-25)42-32-16-12-28(13-17-32)36-43(2,40)41/h3-17,22,29,36H,18-21,23H2,1-2H3,(H,35,39). The number of piperidine rings is 1. The van der Waals surface area contributed by atoms with E-state index in [1.54, 1.807) is 36.4 Å². The molecule has 1 aliphatic rings. The van der Waals surface area contributed by atoms with Crippen LogP contribution in [-0.2, 0) is 16.6 Å². The third kappa shape index (κ3) is 8.56. The number of ether oxygens (including phenoxy) is 1. The number of hydrogen-bond donors (Lipinski definition) is 2. The number of sulfonamides is 1. The number of anilines is 3. The second-order valence-corrected chi connectivity index (χ2v) is 12.5. The average Bonchev–Trinajstić information content (AvgIpc) is 2.97. The van der Waals surface area contributed by atoms with Crippen LogP contribution < -0.4 is 19.7 Å². The second-order valence-electron chi connectivity index (χ2n) is 10.8. The summed E-state index contributed by atoms with van der Waals surface area (Å²) in [6.45, 7) is 4.46. The van der Waals surface area contributed by atoms with Gasteiger partial charge in [-0.05, 0) is 104 Å². The van der Waals surface area contributed by atoms with Gasteiger partial charge in [0.1, 0.15) is 17.3 Å². The molecule has 0 radical (unpaired) electrons. The molecule has 0 bridgehead atoms. The number of urea groups is 1. The Labute approximate surface area is 252 Å². The lowest BCUT2D eigenvalue weighted by Gasteiger charge is -2.38. The van der Waals surface area contributed by atoms with Crippen LogP contribution in [0.4, 0.5) is 26.2 Å². The molecule has 5 rings (SSSR count). The van der Waals surface area contributed by atoms with Crippen LogP contribution >= 0.6 is 0 Å². The number of hydrogen-bond acceptors (Lipinski definition) is 5. The number of nitrogens with zero attached hydrogens (tertiary/aromatic N) is 2. The smallest absolute Gasteiger partial charge is 0.326 e. The lowest BCUT2D eigenvalue weighted by Crippen LogP contribution is -2.49. The van der Waals surface area contributed by atoms with E-state index in [0.29, 0.717) is 22.9 Å². The average molecular weight is 603 g/mol. The van der Waals surface area contributed by atoms with Gasteiger partial charge in [0, 0.05) is 42.7 Å². The summed E-state index contributed by atoms with van der Waals surface area (Å²) in [6, 6.07) is 28.2. The van der Waals surface area contributed by atoms with Gasteiger partial charge in [-0.25, -0.2) is 17.6 Å². The first-order chi connectivity index (χ1) is 20.6. The van der Waals surface area contributed by atoms with Gasteiger partial charge >= 0.3 is 6.03 Å². The summed E-state index contributed by atoms with van der Waals surface area (Å²) in [5.74, 6) is 0.946. The van der Waals surface area contributed by atoms with Gasteiger partial charge in [0.2, 0.25) is 10.0 Å².